The molecule has 1 aromatic carbocycles. The predicted molar refractivity (Wildman–Crippen MR) is 538 cm³/mol. The van der Waals surface area contributed by atoms with Gasteiger partial charge in [-0.05, 0) is 273 Å². The van der Waals surface area contributed by atoms with Crippen molar-refractivity contribution in [3.8, 4) is 11.3 Å². The lowest BCUT2D eigenvalue weighted by atomic mass is 9.87. The molecule has 6 aromatic rings. The van der Waals surface area contributed by atoms with Gasteiger partial charge in [-0.1, -0.05) is 180 Å². The number of benzene rings is 1. The number of aromatic nitrogens is 5. The second kappa shape index (κ2) is 39.9. The lowest BCUT2D eigenvalue weighted by Crippen LogP contribution is -2.54. The van der Waals surface area contributed by atoms with Gasteiger partial charge in [-0.2, -0.15) is 0 Å². The molecule has 0 spiro atoms. The molecule has 4 aliphatic heterocycles. The van der Waals surface area contributed by atoms with Gasteiger partial charge in [-0.25, -0.2) is 18.2 Å². The van der Waals surface area contributed by atoms with Crippen molar-refractivity contribution in [2.75, 3.05) is 72.0 Å². The molecule has 128 heavy (non-hydrogen) atoms. The molecule has 8 aliphatic rings. The molecule has 4 saturated heterocycles. The quantitative estimate of drug-likeness (QED) is 0.0629. The summed E-state index contributed by atoms with van der Waals surface area (Å²) in [7, 11) is -7.27. The molecule has 4 unspecified atom stereocenters. The Morgan fingerprint density at radius 2 is 0.664 bits per heavy atom. The summed E-state index contributed by atoms with van der Waals surface area (Å²) in [4.78, 5) is 59.4. The molecule has 0 N–H and O–H groups in total. The van der Waals surface area contributed by atoms with Gasteiger partial charge in [0.15, 0.2) is 44.8 Å². The van der Waals surface area contributed by atoms with Crippen LogP contribution in [0.15, 0.2) is 55.1 Å². The summed E-state index contributed by atoms with van der Waals surface area (Å²) in [6.45, 7) is 88.4. The first-order valence-electron chi connectivity index (χ1n) is 48.6. The Balaban J connectivity index is 0.000000182. The van der Waals surface area contributed by atoms with Crippen molar-refractivity contribution in [2.24, 2.45) is 47.3 Å². The van der Waals surface area contributed by atoms with Crippen molar-refractivity contribution in [3.63, 3.8) is 0 Å². The molecule has 0 saturated carbocycles. The van der Waals surface area contributed by atoms with E-state index in [4.69, 9.17) is 32.7 Å². The maximum Gasteiger partial charge on any atom is 0.192 e. The molecule has 14 rings (SSSR count). The molecule has 15 nitrogen and oxygen atoms in total. The number of pyridine rings is 5. The van der Waals surface area contributed by atoms with Crippen molar-refractivity contribution in [2.45, 2.75) is 373 Å². The van der Waals surface area contributed by atoms with Gasteiger partial charge in [0.25, 0.3) is 0 Å². The van der Waals surface area contributed by atoms with E-state index in [2.05, 4.69) is 274 Å². The Bertz CT molecular complexity index is 4730. The van der Waals surface area contributed by atoms with Gasteiger partial charge >= 0.3 is 0 Å². The molecule has 0 bridgehead atoms. The monoisotopic (exact) mass is 1830 g/mol. The zero-order chi connectivity index (χ0) is 94.2. The summed E-state index contributed by atoms with van der Waals surface area (Å²) in [5, 5.41) is 0.864. The average Bonchev–Trinajstić information content (AvgIpc) is 1.51. The number of anilines is 4. The highest BCUT2D eigenvalue weighted by molar-refractivity contribution is 6.75. The first-order valence-corrected chi connectivity index (χ1v) is 60.2. The van der Waals surface area contributed by atoms with Crippen LogP contribution in [-0.2, 0) is 49.8 Å². The van der Waals surface area contributed by atoms with E-state index in [1.54, 1.807) is 13.1 Å². The van der Waals surface area contributed by atoms with E-state index in [0.29, 0.717) is 71.4 Å². The van der Waals surface area contributed by atoms with Crippen LogP contribution >= 0.6 is 0 Å². The van der Waals surface area contributed by atoms with Crippen LogP contribution < -0.4 is 19.6 Å². The second-order valence-corrected chi connectivity index (χ2v) is 66.1. The molecule has 710 valence electrons. The SMILES string of the molecule is C.CC(=O)c1cnc2c(c1N1C[C@@H](C)C(O[Si](C)(C)C(C)(C)C)[C@@H](C)C1)CC[C@H]2C.C[C@@H]1CCc2c1ncc(CC(=O)c1ccc(F)c(-c3c(F)cccc3F)n1)c2N1C[C@@H](C)C(O[Si](C)(C)C(C)(C)C)[C@@H](C)C1.Cc1cnc2c(c1N1C[C@@H](C)C(O[Si](C)(C)C(C)(C)C)[C@@H](C)C1)CC[C@H]2C.Cc1cnc2c(c1N1C[C@@H](C)C(O[Si](C)(C)C(C)(C)C)[C@@H](C)C1)CC[C@H]2C. The molecule has 4 fully saturated rings. The number of fused-ring (bicyclic) bond motifs is 4. The van der Waals surface area contributed by atoms with E-state index in [1.165, 1.54) is 99.7 Å². The minimum Gasteiger partial charge on any atom is -0.413 e. The first-order chi connectivity index (χ1) is 58.8. The largest absolute Gasteiger partial charge is 0.413 e. The van der Waals surface area contributed by atoms with E-state index in [9.17, 15) is 22.8 Å². The number of halogens is 3. The summed E-state index contributed by atoms with van der Waals surface area (Å²) >= 11 is 0. The van der Waals surface area contributed by atoms with Crippen LogP contribution in [0.3, 0.4) is 0 Å². The first kappa shape index (κ1) is 104. The molecule has 9 heterocycles. The molecular weight excluding hydrogens is 1660 g/mol. The Labute approximate surface area is 776 Å². The van der Waals surface area contributed by atoms with Gasteiger partial charge in [-0.3, -0.25) is 29.5 Å². The molecule has 4 aliphatic carbocycles. The van der Waals surface area contributed by atoms with Gasteiger partial charge < -0.3 is 37.3 Å². The van der Waals surface area contributed by atoms with Gasteiger partial charge in [0, 0.05) is 129 Å². The Hall–Kier alpha value is -5.99. The van der Waals surface area contributed by atoms with E-state index >= 15 is 0 Å². The van der Waals surface area contributed by atoms with Crippen molar-refractivity contribution >= 4 is 67.6 Å². The molecule has 5 aromatic heterocycles. The molecular formula is C106H168F3N9O6Si4. The third-order valence-electron chi connectivity index (χ3n) is 32.2. The standard InChI is InChI=1S/C35H44F3N3O2Si.C24H40N2O2Si.2C23H40N2OSi.CH4/c1-20-12-13-24-31(20)39-17-23(33(24)41-18-21(2)34(22(3)19-41)43-44(7,8)35(4,5)6)16-29(42)28-15-14-27(38)32(40-28)30-25(36)10-9-11-26(30)37;1-15-10-11-19-21(15)25-12-20(18(4)27)22(19)26-13-16(2)23(17(3)14-26)28-29(8,9)24(5,6)7;2*1-15-10-11-19-20(15)24-12-16(2)21(19)25-13-17(3)22(18(4)14-25)26-27(8,9)23(5,6)7;/h9-11,14-15,17,20-22,34H,12-13,16,18-19H2,1-8H3;12,15-17,23H,10-11,13-14H2,1-9H3;2*12,15,17-18,22H,10-11,13-14H2,1-9H3;1H4/t20-,21-,22+,34?;15-,16-,17+,23?;2*15-,17-,18+,22?;/m1111./s1. The van der Waals surface area contributed by atoms with Crippen LogP contribution in [0.2, 0.25) is 72.5 Å². The summed E-state index contributed by atoms with van der Waals surface area (Å²) in [6, 6.07) is 5.60. The molecule has 16 atom stereocenters. The van der Waals surface area contributed by atoms with E-state index in [0.717, 1.165) is 124 Å². The van der Waals surface area contributed by atoms with Gasteiger partial charge in [-0.15, -0.1) is 0 Å². The van der Waals surface area contributed by atoms with Crippen LogP contribution in [0.5, 0.6) is 0 Å². The van der Waals surface area contributed by atoms with Crippen LogP contribution in [0, 0.1) is 78.6 Å². The fourth-order valence-electron chi connectivity index (χ4n) is 20.8. The summed E-state index contributed by atoms with van der Waals surface area (Å²) in [6.07, 6.45) is 17.9. The Morgan fingerprint density at radius 1 is 0.391 bits per heavy atom. The number of nitrogens with zero attached hydrogens (tertiary/aromatic N) is 9. The minimum absolute atomic E-state index is 0. The number of piperidine rings is 4. The third kappa shape index (κ3) is 22.2. The number of aryl methyl sites for hydroxylation is 2. The number of carbonyl (C=O) groups excluding carboxylic acids is 2. The number of ketones is 2. The van der Waals surface area contributed by atoms with E-state index < -0.39 is 62.0 Å². The molecule has 0 amide bonds. The predicted octanol–water partition coefficient (Wildman–Crippen LogP) is 26.8. The zero-order valence-electron chi connectivity index (χ0n) is 85.1. The Morgan fingerprint density at radius 3 is 0.969 bits per heavy atom. The Kier molecular flexibility index (Phi) is 32.4. The molecule has 22 heteroatoms. The highest BCUT2D eigenvalue weighted by Crippen LogP contribution is 2.51. The fourth-order valence-corrected chi connectivity index (χ4v) is 26.8. The van der Waals surface area contributed by atoms with Crippen LogP contribution in [-0.4, -0.2) is 147 Å². The van der Waals surface area contributed by atoms with Gasteiger partial charge in [0.1, 0.15) is 28.8 Å². The average molecular weight is 1830 g/mol. The van der Waals surface area contributed by atoms with Gasteiger partial charge in [0.05, 0.1) is 41.2 Å². The highest BCUT2D eigenvalue weighted by atomic mass is 28.4. The third-order valence-corrected chi connectivity index (χ3v) is 50.1. The normalized spacial score (nSPS) is 26.3. The minimum atomic E-state index is -1.97. The fraction of sp³-hybridized carbons (Fsp3) is 0.689. The lowest BCUT2D eigenvalue weighted by molar-refractivity contribution is 0.0626. The maximum absolute atomic E-state index is 14.7. The molecule has 0 radical (unpaired) electrons. The summed E-state index contributed by atoms with van der Waals surface area (Å²) in [5.41, 5.74) is 18.8. The number of carbonyl (C=O) groups is 2. The number of rotatable bonds is 17. The number of hydrogen-bond donors (Lipinski definition) is 0. The van der Waals surface area contributed by atoms with Crippen LogP contribution in [0.4, 0.5) is 35.9 Å². The van der Waals surface area contributed by atoms with E-state index in [-0.39, 0.29) is 75.3 Å². The number of Topliss-reactive ketones (excluding diaryl/α,β-unsaturated/α-hetero) is 2. The maximum atomic E-state index is 14.7. The van der Waals surface area contributed by atoms with Crippen LogP contribution in [0.25, 0.3) is 11.3 Å². The van der Waals surface area contributed by atoms with Crippen molar-refractivity contribution in [1.29, 1.82) is 0 Å². The van der Waals surface area contributed by atoms with Gasteiger partial charge in [0.2, 0.25) is 0 Å². The number of hydrogen-bond acceptors (Lipinski definition) is 15. The van der Waals surface area contributed by atoms with Crippen molar-refractivity contribution in [3.05, 3.63) is 146 Å². The lowest BCUT2D eigenvalue weighted by Gasteiger charge is -2.48. The summed E-state index contributed by atoms with van der Waals surface area (Å²) < 4.78 is 71.3. The van der Waals surface area contributed by atoms with E-state index in [1.807, 2.05) is 6.20 Å². The highest BCUT2D eigenvalue weighted by Gasteiger charge is 2.50. The van der Waals surface area contributed by atoms with Crippen molar-refractivity contribution < 1.29 is 40.5 Å². The second-order valence-electron chi connectivity index (χ2n) is 47.0. The summed E-state index contributed by atoms with van der Waals surface area (Å²) in [5.74, 6) is 2.59. The van der Waals surface area contributed by atoms with Crippen LogP contribution in [0.1, 0.15) is 312 Å². The van der Waals surface area contributed by atoms with Crippen molar-refractivity contribution in [1.82, 2.24) is 24.9 Å². The smallest absolute Gasteiger partial charge is 0.192 e. The topological polar surface area (TPSA) is 148 Å². The zero-order valence-corrected chi connectivity index (χ0v) is 89.1.